The Balaban J connectivity index is 1.94. The smallest absolute Gasteiger partial charge is 0.259 e. The van der Waals surface area contributed by atoms with Crippen LogP contribution in [-0.2, 0) is 0 Å². The number of aromatic nitrogens is 1. The van der Waals surface area contributed by atoms with Gasteiger partial charge in [0.05, 0.1) is 14.4 Å². The van der Waals surface area contributed by atoms with Crippen LogP contribution in [0.15, 0.2) is 34.6 Å². The second-order valence-electron chi connectivity index (χ2n) is 5.92. The zero-order valence-corrected chi connectivity index (χ0v) is 16.3. The van der Waals surface area contributed by atoms with E-state index in [0.29, 0.717) is 4.88 Å². The summed E-state index contributed by atoms with van der Waals surface area (Å²) in [5.74, 6) is 0.667. The highest BCUT2D eigenvalue weighted by molar-refractivity contribution is 8.01. The van der Waals surface area contributed by atoms with Crippen LogP contribution in [0.2, 0.25) is 0 Å². The molecule has 0 fully saturated rings. The lowest BCUT2D eigenvalue weighted by atomic mass is 10.1. The lowest BCUT2D eigenvalue weighted by Crippen LogP contribution is -2.08. The van der Waals surface area contributed by atoms with Gasteiger partial charge >= 0.3 is 0 Å². The van der Waals surface area contributed by atoms with Gasteiger partial charge in [0, 0.05) is 16.3 Å². The molecule has 2 heterocycles. The van der Waals surface area contributed by atoms with E-state index in [-0.39, 0.29) is 5.91 Å². The standard InChI is InChI=1S/C19H18N2OS3/c1-2-10-23-19-14-12(16(25-19)17(20)22)8-9-13-15(14)21-18(24-13)11-6-4-3-5-7-11/h4,6-9H,2-3,5,10H2,1H3,(H2,20,22). The summed E-state index contributed by atoms with van der Waals surface area (Å²) in [5, 5.41) is 3.09. The molecule has 0 atom stereocenters. The number of carbonyl (C=O) groups excluding carboxylic acids is 1. The molecule has 2 aromatic heterocycles. The number of fused-ring (bicyclic) bond motifs is 3. The fourth-order valence-corrected chi connectivity index (χ4v) is 6.31. The number of rotatable bonds is 5. The second kappa shape index (κ2) is 6.94. The average Bonchev–Trinajstić information content (AvgIpc) is 3.22. The van der Waals surface area contributed by atoms with Crippen LogP contribution in [0.4, 0.5) is 0 Å². The molecule has 6 heteroatoms. The molecule has 0 aliphatic heterocycles. The number of nitrogens with zero attached hydrogens (tertiary/aromatic N) is 1. The van der Waals surface area contributed by atoms with Gasteiger partial charge in [0.1, 0.15) is 9.88 Å². The summed E-state index contributed by atoms with van der Waals surface area (Å²) in [4.78, 5) is 17.5. The van der Waals surface area contributed by atoms with Gasteiger partial charge in [-0.3, -0.25) is 4.79 Å². The molecule has 25 heavy (non-hydrogen) atoms. The van der Waals surface area contributed by atoms with E-state index in [9.17, 15) is 4.79 Å². The Hall–Kier alpha value is -1.63. The minimum Gasteiger partial charge on any atom is -0.365 e. The number of amides is 1. The highest BCUT2D eigenvalue weighted by Crippen LogP contribution is 2.43. The van der Waals surface area contributed by atoms with Gasteiger partial charge in [-0.25, -0.2) is 4.98 Å². The quantitative estimate of drug-likeness (QED) is 0.560. The Morgan fingerprint density at radius 3 is 2.92 bits per heavy atom. The van der Waals surface area contributed by atoms with Crippen LogP contribution in [-0.4, -0.2) is 16.6 Å². The number of allylic oxidation sites excluding steroid dienone is 4. The monoisotopic (exact) mass is 386 g/mol. The Bertz CT molecular complexity index is 1030. The third-order valence-electron chi connectivity index (χ3n) is 4.11. The predicted molar refractivity (Wildman–Crippen MR) is 111 cm³/mol. The van der Waals surface area contributed by atoms with E-state index in [0.717, 1.165) is 55.2 Å². The average molecular weight is 387 g/mol. The number of primary amides is 1. The molecule has 1 amide bonds. The highest BCUT2D eigenvalue weighted by atomic mass is 32.2. The number of carbonyl (C=O) groups is 1. The van der Waals surface area contributed by atoms with Crippen molar-refractivity contribution in [3.8, 4) is 0 Å². The van der Waals surface area contributed by atoms with E-state index in [1.807, 2.05) is 6.07 Å². The summed E-state index contributed by atoms with van der Waals surface area (Å²) in [6.07, 6.45) is 9.88. The van der Waals surface area contributed by atoms with Crippen molar-refractivity contribution in [2.24, 2.45) is 5.73 Å². The summed E-state index contributed by atoms with van der Waals surface area (Å²) in [5.41, 5.74) is 7.82. The molecular weight excluding hydrogens is 368 g/mol. The number of thiazole rings is 1. The first-order chi connectivity index (χ1) is 12.2. The fraction of sp³-hybridized carbons (Fsp3) is 0.263. The van der Waals surface area contributed by atoms with Gasteiger partial charge in [0.15, 0.2) is 0 Å². The van der Waals surface area contributed by atoms with Gasteiger partial charge in [-0.1, -0.05) is 31.2 Å². The van der Waals surface area contributed by atoms with Crippen molar-refractivity contribution < 1.29 is 4.79 Å². The minimum atomic E-state index is -0.355. The Labute approximate surface area is 158 Å². The van der Waals surface area contributed by atoms with Crippen LogP contribution in [0.1, 0.15) is 40.9 Å². The molecule has 0 spiro atoms. The van der Waals surface area contributed by atoms with Crippen molar-refractivity contribution in [1.29, 1.82) is 0 Å². The summed E-state index contributed by atoms with van der Waals surface area (Å²) < 4.78 is 2.32. The Morgan fingerprint density at radius 2 is 2.20 bits per heavy atom. The van der Waals surface area contributed by atoms with Crippen LogP contribution >= 0.6 is 34.4 Å². The Morgan fingerprint density at radius 1 is 1.32 bits per heavy atom. The summed E-state index contributed by atoms with van der Waals surface area (Å²) in [6, 6.07) is 4.09. The topological polar surface area (TPSA) is 56.0 Å². The van der Waals surface area contributed by atoms with E-state index in [4.69, 9.17) is 10.7 Å². The van der Waals surface area contributed by atoms with Crippen molar-refractivity contribution in [1.82, 2.24) is 4.98 Å². The largest absolute Gasteiger partial charge is 0.365 e. The first kappa shape index (κ1) is 16.8. The molecule has 0 saturated carbocycles. The van der Waals surface area contributed by atoms with Gasteiger partial charge in [-0.15, -0.1) is 34.4 Å². The number of thioether (sulfide) groups is 1. The predicted octanol–water partition coefficient (Wildman–Crippen LogP) is 5.85. The minimum absolute atomic E-state index is 0.355. The maximum atomic E-state index is 11.9. The molecule has 1 aromatic carbocycles. The van der Waals surface area contributed by atoms with E-state index < -0.39 is 0 Å². The molecule has 3 aromatic rings. The first-order valence-corrected chi connectivity index (χ1v) is 11.0. The summed E-state index contributed by atoms with van der Waals surface area (Å²) >= 11 is 5.02. The molecule has 0 saturated heterocycles. The third-order valence-corrected chi connectivity index (χ3v) is 7.87. The van der Waals surface area contributed by atoms with Crippen LogP contribution in [0, 0.1) is 0 Å². The van der Waals surface area contributed by atoms with Crippen LogP contribution in [0.5, 0.6) is 0 Å². The normalized spacial score (nSPS) is 14.4. The molecule has 0 radical (unpaired) electrons. The maximum Gasteiger partial charge on any atom is 0.259 e. The molecule has 3 nitrogen and oxygen atoms in total. The van der Waals surface area contributed by atoms with Crippen molar-refractivity contribution in [2.75, 3.05) is 5.75 Å². The SMILES string of the molecule is CCCSc1sc(C(N)=O)c2ccc3sc(C4=CCCC=C4)nc3c12. The zero-order valence-electron chi connectivity index (χ0n) is 13.9. The van der Waals surface area contributed by atoms with Crippen molar-refractivity contribution in [3.05, 3.63) is 40.2 Å². The highest BCUT2D eigenvalue weighted by Gasteiger charge is 2.20. The summed E-state index contributed by atoms with van der Waals surface area (Å²) in [7, 11) is 0. The summed E-state index contributed by atoms with van der Waals surface area (Å²) in [6.45, 7) is 2.16. The molecule has 1 aliphatic rings. The molecular formula is C19H18N2OS3. The van der Waals surface area contributed by atoms with Gasteiger partial charge in [-0.2, -0.15) is 0 Å². The van der Waals surface area contributed by atoms with Gasteiger partial charge in [-0.05, 0) is 31.1 Å². The molecule has 0 unspecified atom stereocenters. The van der Waals surface area contributed by atoms with Crippen molar-refractivity contribution >= 4 is 66.9 Å². The molecule has 0 bridgehead atoms. The maximum absolute atomic E-state index is 11.9. The van der Waals surface area contributed by atoms with Gasteiger partial charge in [0.2, 0.25) is 0 Å². The Kier molecular flexibility index (Phi) is 4.67. The molecule has 1 aliphatic carbocycles. The molecule has 4 rings (SSSR count). The van der Waals surface area contributed by atoms with Crippen LogP contribution < -0.4 is 5.73 Å². The van der Waals surface area contributed by atoms with E-state index in [1.54, 1.807) is 23.1 Å². The molecule has 128 valence electrons. The van der Waals surface area contributed by atoms with Crippen molar-refractivity contribution in [2.45, 2.75) is 30.4 Å². The zero-order chi connectivity index (χ0) is 17.4. The number of thiophene rings is 1. The van der Waals surface area contributed by atoms with Gasteiger partial charge in [0.25, 0.3) is 5.91 Å². The number of nitrogens with two attached hydrogens (primary N) is 1. The van der Waals surface area contributed by atoms with Gasteiger partial charge < -0.3 is 5.73 Å². The van der Waals surface area contributed by atoms with Crippen molar-refractivity contribution in [3.63, 3.8) is 0 Å². The first-order valence-electron chi connectivity index (χ1n) is 8.34. The van der Waals surface area contributed by atoms with E-state index in [2.05, 4.69) is 31.2 Å². The van der Waals surface area contributed by atoms with Crippen LogP contribution in [0.3, 0.4) is 0 Å². The van der Waals surface area contributed by atoms with E-state index in [1.165, 1.54) is 16.9 Å². The lowest BCUT2D eigenvalue weighted by Gasteiger charge is -2.02. The van der Waals surface area contributed by atoms with E-state index >= 15 is 0 Å². The lowest BCUT2D eigenvalue weighted by molar-refractivity contribution is 0.101. The second-order valence-corrected chi connectivity index (χ2v) is 9.34. The number of hydrogen-bond donors (Lipinski definition) is 1. The molecule has 2 N–H and O–H groups in total. The third kappa shape index (κ3) is 3.03. The van der Waals surface area contributed by atoms with Crippen LogP contribution in [0.25, 0.3) is 26.6 Å². The number of benzene rings is 1. The number of hydrogen-bond acceptors (Lipinski definition) is 5. The fourth-order valence-electron chi connectivity index (χ4n) is 2.96.